The van der Waals surface area contributed by atoms with Crippen molar-refractivity contribution in [2.24, 2.45) is 0 Å². The summed E-state index contributed by atoms with van der Waals surface area (Å²) in [5.41, 5.74) is 3.35. The summed E-state index contributed by atoms with van der Waals surface area (Å²) in [4.78, 5) is 6.45. The van der Waals surface area contributed by atoms with Gasteiger partial charge in [0, 0.05) is 37.1 Å². The van der Waals surface area contributed by atoms with Crippen LogP contribution in [0.1, 0.15) is 31.9 Å². The van der Waals surface area contributed by atoms with E-state index in [9.17, 15) is 0 Å². The molecule has 126 valence electrons. The third-order valence-corrected chi connectivity index (χ3v) is 5.01. The minimum Gasteiger partial charge on any atom is -0.370 e. The van der Waals surface area contributed by atoms with E-state index in [1.165, 1.54) is 5.57 Å². The molecule has 0 radical (unpaired) electrons. The summed E-state index contributed by atoms with van der Waals surface area (Å²) in [5.74, 6) is 0.911. The molecule has 5 nitrogen and oxygen atoms in total. The molecule has 1 fully saturated rings. The zero-order valence-electron chi connectivity index (χ0n) is 14.1. The van der Waals surface area contributed by atoms with Gasteiger partial charge in [0.15, 0.2) is 5.76 Å². The molecule has 0 unspecified atom stereocenters. The topological polar surface area (TPSA) is 51.4 Å². The van der Waals surface area contributed by atoms with Gasteiger partial charge in [0.25, 0.3) is 0 Å². The van der Waals surface area contributed by atoms with Crippen LogP contribution in [0.25, 0.3) is 11.3 Å². The van der Waals surface area contributed by atoms with Crippen LogP contribution in [0.15, 0.2) is 46.8 Å². The largest absolute Gasteiger partial charge is 0.370 e. The van der Waals surface area contributed by atoms with E-state index in [4.69, 9.17) is 9.26 Å². The van der Waals surface area contributed by atoms with Crippen molar-refractivity contribution in [3.63, 3.8) is 0 Å². The van der Waals surface area contributed by atoms with Gasteiger partial charge in [-0.1, -0.05) is 16.8 Å². The Morgan fingerprint density at radius 3 is 2.75 bits per heavy atom. The van der Waals surface area contributed by atoms with Crippen molar-refractivity contribution < 1.29 is 9.26 Å². The number of rotatable bonds is 3. The van der Waals surface area contributed by atoms with E-state index in [0.717, 1.165) is 62.5 Å². The molecule has 0 amide bonds. The highest BCUT2D eigenvalue weighted by molar-refractivity contribution is 5.57. The lowest BCUT2D eigenvalue weighted by atomic mass is 9.87. The number of piperidine rings is 1. The first-order valence-electron chi connectivity index (χ1n) is 8.63. The predicted octanol–water partition coefficient (Wildman–Crippen LogP) is 3.44. The number of pyridine rings is 1. The molecule has 4 rings (SSSR count). The van der Waals surface area contributed by atoms with Gasteiger partial charge >= 0.3 is 0 Å². The van der Waals surface area contributed by atoms with Gasteiger partial charge in [-0.3, -0.25) is 9.88 Å². The number of likely N-dealkylation sites (tertiary alicyclic amines) is 1. The van der Waals surface area contributed by atoms with Crippen molar-refractivity contribution in [1.29, 1.82) is 0 Å². The molecule has 2 aliphatic heterocycles. The second-order valence-corrected chi connectivity index (χ2v) is 6.84. The first kappa shape index (κ1) is 15.5. The second-order valence-electron chi connectivity index (χ2n) is 6.84. The van der Waals surface area contributed by atoms with Crippen molar-refractivity contribution in [2.75, 3.05) is 19.7 Å². The summed E-state index contributed by atoms with van der Waals surface area (Å²) < 4.78 is 11.6. The van der Waals surface area contributed by atoms with E-state index in [0.29, 0.717) is 0 Å². The lowest BCUT2D eigenvalue weighted by molar-refractivity contribution is -0.0585. The molecule has 2 aliphatic rings. The number of nitrogens with zero attached hydrogens (tertiary/aromatic N) is 3. The Morgan fingerprint density at radius 2 is 2.00 bits per heavy atom. The fraction of sp³-hybridized carbons (Fsp3) is 0.474. The van der Waals surface area contributed by atoms with Crippen LogP contribution in [0, 0.1) is 0 Å². The average Bonchev–Trinajstić information content (AvgIpc) is 3.07. The Labute approximate surface area is 142 Å². The highest BCUT2D eigenvalue weighted by Gasteiger charge is 2.35. The summed E-state index contributed by atoms with van der Waals surface area (Å²) >= 11 is 0. The molecule has 0 saturated carbocycles. The fourth-order valence-electron chi connectivity index (χ4n) is 3.62. The first-order chi connectivity index (χ1) is 11.7. The van der Waals surface area contributed by atoms with Gasteiger partial charge in [0.2, 0.25) is 0 Å². The number of hydrogen-bond donors (Lipinski definition) is 0. The Morgan fingerprint density at radius 1 is 1.21 bits per heavy atom. The van der Waals surface area contributed by atoms with Crippen LogP contribution in [0.2, 0.25) is 0 Å². The van der Waals surface area contributed by atoms with Crippen molar-refractivity contribution in [3.05, 3.63) is 48.0 Å². The smallest absolute Gasteiger partial charge is 0.151 e. The maximum atomic E-state index is 6.09. The maximum absolute atomic E-state index is 6.09. The van der Waals surface area contributed by atoms with Gasteiger partial charge in [-0.2, -0.15) is 0 Å². The van der Waals surface area contributed by atoms with Crippen LogP contribution < -0.4 is 0 Å². The molecule has 0 N–H and O–H groups in total. The van der Waals surface area contributed by atoms with Crippen molar-refractivity contribution in [1.82, 2.24) is 15.0 Å². The van der Waals surface area contributed by atoms with E-state index in [1.54, 1.807) is 12.4 Å². The number of hydrogen-bond acceptors (Lipinski definition) is 5. The highest BCUT2D eigenvalue weighted by atomic mass is 16.5. The SMILES string of the molecule is CC1=CC2(CCN(Cc3cc(-c4ccncc4)no3)CC2)OCC1. The van der Waals surface area contributed by atoms with Crippen LogP contribution in [0.5, 0.6) is 0 Å². The number of aromatic nitrogens is 2. The summed E-state index contributed by atoms with van der Waals surface area (Å²) in [6.45, 7) is 5.92. The van der Waals surface area contributed by atoms with Crippen molar-refractivity contribution in [2.45, 2.75) is 38.3 Å². The van der Waals surface area contributed by atoms with Crippen molar-refractivity contribution >= 4 is 0 Å². The summed E-state index contributed by atoms with van der Waals surface area (Å²) in [6, 6.07) is 5.92. The third-order valence-electron chi connectivity index (χ3n) is 5.01. The predicted molar refractivity (Wildman–Crippen MR) is 91.3 cm³/mol. The van der Waals surface area contributed by atoms with Gasteiger partial charge < -0.3 is 9.26 Å². The zero-order chi connectivity index (χ0) is 16.4. The average molecular weight is 325 g/mol. The van der Waals surface area contributed by atoms with Crippen LogP contribution in [-0.2, 0) is 11.3 Å². The molecule has 2 aromatic rings. The van der Waals surface area contributed by atoms with E-state index in [1.807, 2.05) is 18.2 Å². The van der Waals surface area contributed by atoms with E-state index in [-0.39, 0.29) is 5.60 Å². The Hall–Kier alpha value is -1.98. The highest BCUT2D eigenvalue weighted by Crippen LogP contribution is 2.33. The van der Waals surface area contributed by atoms with E-state index in [2.05, 4.69) is 28.0 Å². The van der Waals surface area contributed by atoms with Gasteiger partial charge in [0.1, 0.15) is 5.69 Å². The molecular weight excluding hydrogens is 302 g/mol. The molecule has 2 aromatic heterocycles. The van der Waals surface area contributed by atoms with Gasteiger partial charge in [-0.15, -0.1) is 0 Å². The van der Waals surface area contributed by atoms with Crippen LogP contribution in [0.4, 0.5) is 0 Å². The van der Waals surface area contributed by atoms with Gasteiger partial charge in [-0.05, 0) is 38.3 Å². The normalized spacial score (nSPS) is 21.0. The van der Waals surface area contributed by atoms with Crippen LogP contribution >= 0.6 is 0 Å². The quantitative estimate of drug-likeness (QED) is 0.809. The molecule has 5 heteroatoms. The molecular formula is C19H23N3O2. The molecule has 1 spiro atoms. The number of ether oxygens (including phenoxy) is 1. The van der Waals surface area contributed by atoms with Crippen LogP contribution in [-0.4, -0.2) is 40.3 Å². The van der Waals surface area contributed by atoms with E-state index < -0.39 is 0 Å². The summed E-state index contributed by atoms with van der Waals surface area (Å²) in [6.07, 6.45) is 9.07. The molecule has 0 aliphatic carbocycles. The molecule has 24 heavy (non-hydrogen) atoms. The monoisotopic (exact) mass is 325 g/mol. The zero-order valence-corrected chi connectivity index (χ0v) is 14.1. The lowest BCUT2D eigenvalue weighted by Crippen LogP contribution is -2.46. The molecule has 0 aromatic carbocycles. The Kier molecular flexibility index (Phi) is 4.21. The molecule has 0 bridgehead atoms. The van der Waals surface area contributed by atoms with Crippen LogP contribution in [0.3, 0.4) is 0 Å². The molecule has 4 heterocycles. The lowest BCUT2D eigenvalue weighted by Gasteiger charge is -2.41. The second kappa shape index (κ2) is 6.49. The third kappa shape index (κ3) is 3.28. The van der Waals surface area contributed by atoms with Gasteiger partial charge in [-0.25, -0.2) is 0 Å². The standard InChI is InChI=1S/C19H23N3O2/c1-15-4-11-23-19(13-15)5-9-22(10-6-19)14-17-12-18(21-24-17)16-2-7-20-8-3-16/h2-3,7-8,12-13H,4-6,9-11,14H2,1H3. The molecule has 0 atom stereocenters. The minimum atomic E-state index is -0.0254. The molecule has 1 saturated heterocycles. The summed E-state index contributed by atoms with van der Waals surface area (Å²) in [5, 5.41) is 4.18. The minimum absolute atomic E-state index is 0.0254. The Balaban J connectivity index is 1.38. The van der Waals surface area contributed by atoms with Gasteiger partial charge in [0.05, 0.1) is 18.8 Å². The Bertz CT molecular complexity index is 715. The fourth-order valence-corrected chi connectivity index (χ4v) is 3.62. The van der Waals surface area contributed by atoms with E-state index >= 15 is 0 Å². The maximum Gasteiger partial charge on any atom is 0.151 e. The summed E-state index contributed by atoms with van der Waals surface area (Å²) in [7, 11) is 0. The first-order valence-corrected chi connectivity index (χ1v) is 8.63. The van der Waals surface area contributed by atoms with Crippen molar-refractivity contribution in [3.8, 4) is 11.3 Å².